The summed E-state index contributed by atoms with van der Waals surface area (Å²) in [6, 6.07) is 0.462. The Morgan fingerprint density at radius 3 is 2.95 bits per heavy atom. The number of thioether (sulfide) groups is 1. The Hall–Kier alpha value is -1.08. The molecule has 7 heteroatoms. The molecule has 112 valence electrons. The van der Waals surface area contributed by atoms with Crippen LogP contribution in [0.15, 0.2) is 11.5 Å². The molecule has 0 aliphatic heterocycles. The van der Waals surface area contributed by atoms with Gasteiger partial charge in [-0.15, -0.1) is 0 Å². The summed E-state index contributed by atoms with van der Waals surface area (Å²) < 4.78 is 6.94. The van der Waals surface area contributed by atoms with Crippen molar-refractivity contribution in [3.63, 3.8) is 0 Å². The summed E-state index contributed by atoms with van der Waals surface area (Å²) in [6.45, 7) is 4.18. The summed E-state index contributed by atoms with van der Waals surface area (Å²) >= 11 is 1.61. The van der Waals surface area contributed by atoms with Crippen molar-refractivity contribution < 1.29 is 9.53 Å². The van der Waals surface area contributed by atoms with Gasteiger partial charge in [-0.1, -0.05) is 11.8 Å². The van der Waals surface area contributed by atoms with E-state index in [1.165, 1.54) is 6.33 Å². The number of nitrogens with zero attached hydrogens (tertiary/aromatic N) is 3. The average Bonchev–Trinajstić information content (AvgIpc) is 3.12. The molecule has 1 aliphatic rings. The van der Waals surface area contributed by atoms with E-state index in [2.05, 4.69) is 15.4 Å². The molecule has 0 spiro atoms. The van der Waals surface area contributed by atoms with Crippen LogP contribution < -0.4 is 5.32 Å². The van der Waals surface area contributed by atoms with E-state index in [4.69, 9.17) is 4.74 Å². The summed E-state index contributed by atoms with van der Waals surface area (Å²) in [5.41, 5.74) is -0.608. The van der Waals surface area contributed by atoms with Gasteiger partial charge < -0.3 is 4.74 Å². The van der Waals surface area contributed by atoms with Gasteiger partial charge in [-0.2, -0.15) is 5.10 Å². The molecule has 2 rings (SSSR count). The number of carbonyl (C=O) groups excluding carboxylic acids is 1. The predicted octanol–water partition coefficient (Wildman–Crippen LogP) is 1.37. The van der Waals surface area contributed by atoms with Gasteiger partial charge >= 0.3 is 5.97 Å². The molecule has 6 nitrogen and oxygen atoms in total. The molecule has 1 heterocycles. The molecule has 0 amide bonds. The fourth-order valence-electron chi connectivity index (χ4n) is 1.96. The molecule has 0 aromatic carbocycles. The van der Waals surface area contributed by atoms with E-state index in [1.807, 2.05) is 20.9 Å². The van der Waals surface area contributed by atoms with Gasteiger partial charge in [0.05, 0.1) is 6.61 Å². The first-order chi connectivity index (χ1) is 9.55. The van der Waals surface area contributed by atoms with E-state index in [9.17, 15) is 4.79 Å². The molecule has 1 unspecified atom stereocenters. The Balaban J connectivity index is 1.89. The number of hydrogen-bond donors (Lipinski definition) is 1. The number of esters is 1. The Bertz CT molecular complexity index is 461. The minimum Gasteiger partial charge on any atom is -0.465 e. The molecule has 20 heavy (non-hydrogen) atoms. The summed E-state index contributed by atoms with van der Waals surface area (Å²) in [5, 5.41) is 8.31. The quantitative estimate of drug-likeness (QED) is 0.577. The molecule has 1 aromatic heterocycles. The predicted molar refractivity (Wildman–Crippen MR) is 77.5 cm³/mol. The molecule has 1 fully saturated rings. The lowest BCUT2D eigenvalue weighted by molar-refractivity contribution is -0.150. The number of aryl methyl sites for hydroxylation is 1. The monoisotopic (exact) mass is 298 g/mol. The second kappa shape index (κ2) is 6.58. The molecule has 1 atom stereocenters. The highest BCUT2D eigenvalue weighted by Crippen LogP contribution is 2.27. The van der Waals surface area contributed by atoms with E-state index < -0.39 is 5.54 Å². The summed E-state index contributed by atoms with van der Waals surface area (Å²) in [6.07, 6.45) is 4.53. The maximum atomic E-state index is 12.2. The average molecular weight is 298 g/mol. The van der Waals surface area contributed by atoms with Crippen LogP contribution in [0.3, 0.4) is 0 Å². The highest BCUT2D eigenvalue weighted by Gasteiger charge is 2.39. The number of nitrogens with one attached hydrogen (secondary N) is 1. The van der Waals surface area contributed by atoms with Gasteiger partial charge in [-0.3, -0.25) is 10.1 Å². The van der Waals surface area contributed by atoms with Gasteiger partial charge in [-0.05, 0) is 33.1 Å². The maximum absolute atomic E-state index is 12.2. The smallest absolute Gasteiger partial charge is 0.326 e. The lowest BCUT2D eigenvalue weighted by Crippen LogP contribution is -2.52. The Morgan fingerprint density at radius 1 is 1.65 bits per heavy atom. The minimum atomic E-state index is -0.608. The van der Waals surface area contributed by atoms with Crippen molar-refractivity contribution in [2.24, 2.45) is 7.05 Å². The normalized spacial score (nSPS) is 17.8. The fourth-order valence-corrected chi connectivity index (χ4v) is 3.01. The minimum absolute atomic E-state index is 0.162. The number of rotatable bonds is 8. The second-order valence-electron chi connectivity index (χ2n) is 5.24. The van der Waals surface area contributed by atoms with E-state index in [0.29, 0.717) is 19.1 Å². The molecule has 1 aliphatic carbocycles. The van der Waals surface area contributed by atoms with Crippen LogP contribution in [0.2, 0.25) is 0 Å². The van der Waals surface area contributed by atoms with Crippen molar-refractivity contribution in [2.75, 3.05) is 12.4 Å². The van der Waals surface area contributed by atoms with Crippen LogP contribution in [-0.4, -0.2) is 44.7 Å². The summed E-state index contributed by atoms with van der Waals surface area (Å²) in [4.78, 5) is 16.3. The van der Waals surface area contributed by atoms with Crippen LogP contribution in [0.5, 0.6) is 0 Å². The van der Waals surface area contributed by atoms with Gasteiger partial charge in [0.15, 0.2) is 5.16 Å². The van der Waals surface area contributed by atoms with Gasteiger partial charge in [-0.25, -0.2) is 9.67 Å². The van der Waals surface area contributed by atoms with Crippen molar-refractivity contribution in [3.8, 4) is 0 Å². The molecule has 1 saturated carbocycles. The molecule has 0 radical (unpaired) electrons. The molecule has 1 aromatic rings. The van der Waals surface area contributed by atoms with E-state index in [1.54, 1.807) is 16.4 Å². The molecule has 0 bridgehead atoms. The van der Waals surface area contributed by atoms with E-state index in [0.717, 1.165) is 23.8 Å². The number of carbonyl (C=O) groups is 1. The van der Waals surface area contributed by atoms with Gasteiger partial charge in [0.1, 0.15) is 11.9 Å². The molecular weight excluding hydrogens is 276 g/mol. The number of aromatic nitrogens is 3. The van der Waals surface area contributed by atoms with Gasteiger partial charge in [0.25, 0.3) is 0 Å². The first-order valence-corrected chi connectivity index (χ1v) is 7.95. The zero-order valence-corrected chi connectivity index (χ0v) is 13.1. The van der Waals surface area contributed by atoms with Crippen LogP contribution in [0.4, 0.5) is 0 Å². The van der Waals surface area contributed by atoms with Crippen molar-refractivity contribution in [1.29, 1.82) is 0 Å². The van der Waals surface area contributed by atoms with Crippen molar-refractivity contribution in [3.05, 3.63) is 6.33 Å². The Morgan fingerprint density at radius 2 is 2.40 bits per heavy atom. The molecule has 0 saturated heterocycles. The number of hydrogen-bond acceptors (Lipinski definition) is 6. The maximum Gasteiger partial charge on any atom is 0.326 e. The Labute approximate surface area is 123 Å². The first-order valence-electron chi connectivity index (χ1n) is 6.97. The van der Waals surface area contributed by atoms with Crippen molar-refractivity contribution in [1.82, 2.24) is 20.1 Å². The Kier molecular flexibility index (Phi) is 5.04. The van der Waals surface area contributed by atoms with Gasteiger partial charge in [0, 0.05) is 18.8 Å². The zero-order chi connectivity index (χ0) is 14.6. The largest absolute Gasteiger partial charge is 0.465 e. The van der Waals surface area contributed by atoms with Crippen LogP contribution in [0.25, 0.3) is 0 Å². The van der Waals surface area contributed by atoms with Crippen LogP contribution >= 0.6 is 11.8 Å². The third-order valence-corrected chi connectivity index (χ3v) is 4.37. The number of ether oxygens (including phenoxy) is 1. The van der Waals surface area contributed by atoms with Crippen LogP contribution in [-0.2, 0) is 16.6 Å². The van der Waals surface area contributed by atoms with Crippen LogP contribution in [0.1, 0.15) is 33.1 Å². The van der Waals surface area contributed by atoms with Gasteiger partial charge in [0.2, 0.25) is 0 Å². The molecular formula is C13H22N4O2S. The van der Waals surface area contributed by atoms with Crippen molar-refractivity contribution >= 4 is 17.7 Å². The highest BCUT2D eigenvalue weighted by atomic mass is 32.2. The van der Waals surface area contributed by atoms with E-state index >= 15 is 0 Å². The third kappa shape index (κ3) is 3.96. The second-order valence-corrected chi connectivity index (χ2v) is 6.30. The SMILES string of the molecule is CCOC(=O)C(C)(CCSc1ncnn1C)NC1CC1. The third-order valence-electron chi connectivity index (χ3n) is 3.33. The summed E-state index contributed by atoms with van der Waals surface area (Å²) in [5.74, 6) is 0.632. The highest BCUT2D eigenvalue weighted by molar-refractivity contribution is 7.99. The lowest BCUT2D eigenvalue weighted by atomic mass is 9.99. The fraction of sp³-hybridized carbons (Fsp3) is 0.769. The lowest BCUT2D eigenvalue weighted by Gasteiger charge is -2.28. The first kappa shape index (κ1) is 15.3. The van der Waals surface area contributed by atoms with Crippen molar-refractivity contribution in [2.45, 2.75) is 49.8 Å². The topological polar surface area (TPSA) is 69.0 Å². The zero-order valence-electron chi connectivity index (χ0n) is 12.3. The standard InChI is InChI=1S/C13H22N4O2S/c1-4-19-11(18)13(2,16-10-5-6-10)7-8-20-12-14-9-15-17(12)3/h9-10,16H,4-8H2,1-3H3. The van der Waals surface area contributed by atoms with Crippen LogP contribution in [0, 0.1) is 0 Å². The molecule has 1 N–H and O–H groups in total. The van der Waals surface area contributed by atoms with E-state index in [-0.39, 0.29) is 5.97 Å². The summed E-state index contributed by atoms with van der Waals surface area (Å²) in [7, 11) is 1.86.